The quantitative estimate of drug-likeness (QED) is 0.856. The Labute approximate surface area is 134 Å². The molecule has 1 fully saturated rings. The van der Waals surface area contributed by atoms with Gasteiger partial charge in [0.25, 0.3) is 0 Å². The zero-order valence-electron chi connectivity index (χ0n) is 14.1. The number of likely N-dealkylation sites (tertiary alicyclic amines) is 1. The van der Waals surface area contributed by atoms with Crippen molar-refractivity contribution in [3.63, 3.8) is 0 Å². The summed E-state index contributed by atoms with van der Waals surface area (Å²) in [6.45, 7) is 13.4. The van der Waals surface area contributed by atoms with E-state index >= 15 is 0 Å². The fraction of sp³-hybridized carbons (Fsp3) is 0.824. The van der Waals surface area contributed by atoms with Gasteiger partial charge >= 0.3 is 0 Å². The van der Waals surface area contributed by atoms with Gasteiger partial charge in [-0.15, -0.1) is 11.3 Å². The minimum atomic E-state index is 0.517. The highest BCUT2D eigenvalue weighted by molar-refractivity contribution is 7.11. The molecule has 0 radical (unpaired) electrons. The summed E-state index contributed by atoms with van der Waals surface area (Å²) >= 11 is 1.91. The van der Waals surface area contributed by atoms with Gasteiger partial charge in [0.2, 0.25) is 0 Å². The Hall–Kier alpha value is -0.450. The summed E-state index contributed by atoms with van der Waals surface area (Å²) < 4.78 is 0. The maximum absolute atomic E-state index is 4.95. The van der Waals surface area contributed by atoms with Crippen molar-refractivity contribution in [1.82, 2.24) is 15.2 Å². The van der Waals surface area contributed by atoms with Crippen LogP contribution in [0, 0.1) is 0 Å². The summed E-state index contributed by atoms with van der Waals surface area (Å²) in [7, 11) is 0. The first kappa shape index (κ1) is 16.9. The van der Waals surface area contributed by atoms with Crippen LogP contribution in [0.25, 0.3) is 0 Å². The van der Waals surface area contributed by atoms with Gasteiger partial charge < -0.3 is 5.32 Å². The molecule has 0 bridgehead atoms. The van der Waals surface area contributed by atoms with E-state index in [-0.39, 0.29) is 0 Å². The first-order chi connectivity index (χ1) is 10.1. The van der Waals surface area contributed by atoms with E-state index in [4.69, 9.17) is 4.98 Å². The van der Waals surface area contributed by atoms with E-state index in [9.17, 15) is 0 Å². The van der Waals surface area contributed by atoms with Gasteiger partial charge in [-0.2, -0.15) is 0 Å². The number of hydrogen-bond donors (Lipinski definition) is 1. The topological polar surface area (TPSA) is 28.2 Å². The fourth-order valence-electron chi connectivity index (χ4n) is 2.84. The zero-order chi connectivity index (χ0) is 15.2. The maximum Gasteiger partial charge on any atom is 0.107 e. The van der Waals surface area contributed by atoms with E-state index in [2.05, 4.69) is 37.9 Å². The van der Waals surface area contributed by atoms with Crippen molar-refractivity contribution in [1.29, 1.82) is 0 Å². The van der Waals surface area contributed by atoms with Gasteiger partial charge in [-0.05, 0) is 31.8 Å². The molecule has 0 aromatic carbocycles. The molecule has 1 N–H and O–H groups in total. The first-order valence-electron chi connectivity index (χ1n) is 8.50. The third-order valence-corrected chi connectivity index (χ3v) is 5.10. The third kappa shape index (κ3) is 5.35. The zero-order valence-corrected chi connectivity index (χ0v) is 14.9. The molecule has 0 unspecified atom stereocenters. The van der Waals surface area contributed by atoms with Crippen molar-refractivity contribution in [2.45, 2.75) is 78.4 Å². The molecule has 0 amide bonds. The molecular formula is C17H31N3S. The number of hydrogen-bond acceptors (Lipinski definition) is 4. The molecule has 3 nitrogen and oxygen atoms in total. The smallest absolute Gasteiger partial charge is 0.107 e. The van der Waals surface area contributed by atoms with E-state index < -0.39 is 0 Å². The molecule has 120 valence electrons. The van der Waals surface area contributed by atoms with Crippen molar-refractivity contribution < 1.29 is 0 Å². The highest BCUT2D eigenvalue weighted by Gasteiger charge is 2.17. The summed E-state index contributed by atoms with van der Waals surface area (Å²) in [5.74, 6) is 0.517. The second-order valence-electron chi connectivity index (χ2n) is 6.80. The molecule has 1 saturated heterocycles. The summed E-state index contributed by atoms with van der Waals surface area (Å²) in [6.07, 6.45) is 5.50. The standard InChI is InChI=1S/C17H31N3S/c1-13(2)17-15(11-18-14(3)4)21-16(19-17)12-20-9-7-5-6-8-10-20/h13-14,18H,5-12H2,1-4H3. The van der Waals surface area contributed by atoms with E-state index in [1.807, 2.05) is 11.3 Å². The molecule has 2 rings (SSSR count). The highest BCUT2D eigenvalue weighted by Crippen LogP contribution is 2.26. The SMILES string of the molecule is CC(C)NCc1sc(CN2CCCCCC2)nc1C(C)C. The Kier molecular flexibility index (Phi) is 6.65. The van der Waals surface area contributed by atoms with Crippen LogP contribution in [0.15, 0.2) is 0 Å². The number of nitrogens with one attached hydrogen (secondary N) is 1. The van der Waals surface area contributed by atoms with Gasteiger partial charge in [0.1, 0.15) is 5.01 Å². The lowest BCUT2D eigenvalue weighted by Crippen LogP contribution is -2.23. The molecule has 4 heteroatoms. The van der Waals surface area contributed by atoms with Crippen molar-refractivity contribution in [2.75, 3.05) is 13.1 Å². The lowest BCUT2D eigenvalue weighted by molar-refractivity contribution is 0.276. The van der Waals surface area contributed by atoms with Crippen LogP contribution >= 0.6 is 11.3 Å². The minimum absolute atomic E-state index is 0.517. The van der Waals surface area contributed by atoms with E-state index in [1.54, 1.807) is 0 Å². The molecule has 0 aliphatic carbocycles. The summed E-state index contributed by atoms with van der Waals surface area (Å²) in [5.41, 5.74) is 1.30. The van der Waals surface area contributed by atoms with Gasteiger partial charge in [-0.25, -0.2) is 4.98 Å². The third-order valence-electron chi connectivity index (χ3n) is 4.05. The first-order valence-corrected chi connectivity index (χ1v) is 9.32. The molecule has 21 heavy (non-hydrogen) atoms. The van der Waals surface area contributed by atoms with Crippen molar-refractivity contribution in [2.24, 2.45) is 0 Å². The average molecular weight is 310 g/mol. The van der Waals surface area contributed by atoms with Crippen LogP contribution in [0.2, 0.25) is 0 Å². The average Bonchev–Trinajstić information content (AvgIpc) is 2.64. The number of rotatable bonds is 6. The predicted octanol–water partition coefficient (Wildman–Crippen LogP) is 4.14. The minimum Gasteiger partial charge on any atom is -0.310 e. The Morgan fingerprint density at radius 2 is 1.76 bits per heavy atom. The maximum atomic E-state index is 4.95. The Balaban J connectivity index is 2.03. The van der Waals surface area contributed by atoms with E-state index in [0.29, 0.717) is 12.0 Å². The molecular weight excluding hydrogens is 278 g/mol. The largest absolute Gasteiger partial charge is 0.310 e. The number of aromatic nitrogens is 1. The van der Waals surface area contributed by atoms with Gasteiger partial charge in [-0.3, -0.25) is 4.90 Å². The van der Waals surface area contributed by atoms with Crippen molar-refractivity contribution in [3.8, 4) is 0 Å². The van der Waals surface area contributed by atoms with Crippen LogP contribution in [0.5, 0.6) is 0 Å². The van der Waals surface area contributed by atoms with Crippen LogP contribution in [-0.2, 0) is 13.1 Å². The second kappa shape index (κ2) is 8.25. The molecule has 1 aliphatic heterocycles. The van der Waals surface area contributed by atoms with Crippen LogP contribution in [0.3, 0.4) is 0 Å². The lowest BCUT2D eigenvalue weighted by atomic mass is 10.1. The van der Waals surface area contributed by atoms with Crippen LogP contribution in [-0.4, -0.2) is 29.0 Å². The monoisotopic (exact) mass is 309 g/mol. The van der Waals surface area contributed by atoms with Crippen molar-refractivity contribution >= 4 is 11.3 Å². The summed E-state index contributed by atoms with van der Waals surface area (Å²) in [6, 6.07) is 0.529. The van der Waals surface area contributed by atoms with Crippen LogP contribution in [0.1, 0.15) is 74.9 Å². The molecule has 1 aromatic rings. The van der Waals surface area contributed by atoms with Gasteiger partial charge in [0.05, 0.1) is 12.2 Å². The molecule has 0 atom stereocenters. The van der Waals surface area contributed by atoms with Crippen LogP contribution < -0.4 is 5.32 Å². The Bertz CT molecular complexity index is 418. The van der Waals surface area contributed by atoms with Crippen molar-refractivity contribution in [3.05, 3.63) is 15.6 Å². The number of thiazole rings is 1. The molecule has 1 aromatic heterocycles. The van der Waals surface area contributed by atoms with Crippen LogP contribution in [0.4, 0.5) is 0 Å². The fourth-order valence-corrected chi connectivity index (χ4v) is 4.06. The normalized spacial score (nSPS) is 17.6. The molecule has 1 aliphatic rings. The predicted molar refractivity (Wildman–Crippen MR) is 91.9 cm³/mol. The van der Waals surface area contributed by atoms with Gasteiger partial charge in [-0.1, -0.05) is 40.5 Å². The second-order valence-corrected chi connectivity index (χ2v) is 7.96. The van der Waals surface area contributed by atoms with Gasteiger partial charge in [0.15, 0.2) is 0 Å². The number of nitrogens with zero attached hydrogens (tertiary/aromatic N) is 2. The molecule has 2 heterocycles. The van der Waals surface area contributed by atoms with E-state index in [1.165, 1.54) is 54.4 Å². The molecule has 0 saturated carbocycles. The summed E-state index contributed by atoms with van der Waals surface area (Å²) in [4.78, 5) is 8.98. The lowest BCUT2D eigenvalue weighted by Gasteiger charge is -2.17. The van der Waals surface area contributed by atoms with E-state index in [0.717, 1.165) is 13.1 Å². The Morgan fingerprint density at radius 1 is 1.10 bits per heavy atom. The summed E-state index contributed by atoms with van der Waals surface area (Å²) in [5, 5.41) is 4.85. The Morgan fingerprint density at radius 3 is 2.33 bits per heavy atom. The molecule has 0 spiro atoms. The van der Waals surface area contributed by atoms with Gasteiger partial charge in [0, 0.05) is 17.5 Å². The highest BCUT2D eigenvalue weighted by atomic mass is 32.1.